The molecule has 2 rings (SSSR count). The molecular weight excluding hydrogens is 358 g/mol. The van der Waals surface area contributed by atoms with E-state index in [0.717, 1.165) is 5.56 Å². The molecule has 0 fully saturated rings. The lowest BCUT2D eigenvalue weighted by Gasteiger charge is -2.10. The first-order valence-electron chi connectivity index (χ1n) is 9.05. The molecule has 0 bridgehead atoms. The molecule has 6 nitrogen and oxygen atoms in total. The number of anilines is 1. The molecule has 0 aliphatic rings. The van der Waals surface area contributed by atoms with Gasteiger partial charge in [-0.3, -0.25) is 9.59 Å². The standard InChI is InChI=1S/C22H25NO5/c1-14(2)11-21(25)23-17-8-6-16(7-9-17)19(24)13-28-22(26)18-12-15(3)5-10-20(18)27-4/h5-10,12,14H,11,13H2,1-4H3,(H,23,25). The van der Waals surface area contributed by atoms with Crippen LogP contribution in [0.1, 0.15) is 46.5 Å². The van der Waals surface area contributed by atoms with Gasteiger partial charge in [-0.1, -0.05) is 25.5 Å². The Kier molecular flexibility index (Phi) is 7.32. The quantitative estimate of drug-likeness (QED) is 0.550. The Balaban J connectivity index is 1.95. The van der Waals surface area contributed by atoms with Crippen LogP contribution in [0.4, 0.5) is 5.69 Å². The van der Waals surface area contributed by atoms with E-state index in [-0.39, 0.29) is 29.8 Å². The Morgan fingerprint density at radius 2 is 1.71 bits per heavy atom. The maximum absolute atomic E-state index is 12.3. The number of ether oxygens (including phenoxy) is 2. The Morgan fingerprint density at radius 3 is 2.32 bits per heavy atom. The van der Waals surface area contributed by atoms with E-state index in [1.165, 1.54) is 7.11 Å². The van der Waals surface area contributed by atoms with Crippen molar-refractivity contribution in [1.29, 1.82) is 0 Å². The van der Waals surface area contributed by atoms with Crippen LogP contribution in [0.5, 0.6) is 5.75 Å². The molecule has 6 heteroatoms. The van der Waals surface area contributed by atoms with Crippen LogP contribution >= 0.6 is 0 Å². The number of hydrogen-bond donors (Lipinski definition) is 1. The topological polar surface area (TPSA) is 81.7 Å². The van der Waals surface area contributed by atoms with Gasteiger partial charge in [0.2, 0.25) is 5.91 Å². The van der Waals surface area contributed by atoms with E-state index in [4.69, 9.17) is 9.47 Å². The highest BCUT2D eigenvalue weighted by Crippen LogP contribution is 2.20. The maximum Gasteiger partial charge on any atom is 0.342 e. The summed E-state index contributed by atoms with van der Waals surface area (Å²) in [6, 6.07) is 11.6. The summed E-state index contributed by atoms with van der Waals surface area (Å²) < 4.78 is 10.3. The van der Waals surface area contributed by atoms with E-state index >= 15 is 0 Å². The molecule has 0 atom stereocenters. The van der Waals surface area contributed by atoms with Crippen molar-refractivity contribution in [2.24, 2.45) is 5.92 Å². The molecule has 0 aliphatic heterocycles. The monoisotopic (exact) mass is 383 g/mol. The first-order valence-corrected chi connectivity index (χ1v) is 9.05. The molecule has 0 radical (unpaired) electrons. The summed E-state index contributed by atoms with van der Waals surface area (Å²) in [6.07, 6.45) is 0.430. The van der Waals surface area contributed by atoms with Crippen molar-refractivity contribution in [2.45, 2.75) is 27.2 Å². The van der Waals surface area contributed by atoms with Crippen molar-refractivity contribution in [1.82, 2.24) is 0 Å². The van der Waals surface area contributed by atoms with Crippen LogP contribution in [0.3, 0.4) is 0 Å². The van der Waals surface area contributed by atoms with Crippen molar-refractivity contribution >= 4 is 23.3 Å². The largest absolute Gasteiger partial charge is 0.496 e. The maximum atomic E-state index is 12.3. The van der Waals surface area contributed by atoms with Crippen LogP contribution < -0.4 is 10.1 Å². The summed E-state index contributed by atoms with van der Waals surface area (Å²) in [4.78, 5) is 36.3. The van der Waals surface area contributed by atoms with Gasteiger partial charge in [-0.05, 0) is 49.2 Å². The minimum absolute atomic E-state index is 0.0740. The Bertz CT molecular complexity index is 856. The predicted octanol–water partition coefficient (Wildman–Crippen LogP) is 4.03. The van der Waals surface area contributed by atoms with Crippen LogP contribution in [-0.2, 0) is 9.53 Å². The number of Topliss-reactive ketones (excluding diaryl/α,β-unsaturated/α-hetero) is 1. The number of carbonyl (C=O) groups is 3. The van der Waals surface area contributed by atoms with Crippen LogP contribution in [0, 0.1) is 12.8 Å². The fourth-order valence-corrected chi connectivity index (χ4v) is 2.60. The van der Waals surface area contributed by atoms with Crippen LogP contribution in [0.25, 0.3) is 0 Å². The second kappa shape index (κ2) is 9.69. The molecule has 0 saturated heterocycles. The number of methoxy groups -OCH3 is 1. The number of hydrogen-bond acceptors (Lipinski definition) is 5. The lowest BCUT2D eigenvalue weighted by atomic mass is 10.1. The lowest BCUT2D eigenvalue weighted by Crippen LogP contribution is -2.16. The molecule has 0 aliphatic carbocycles. The van der Waals surface area contributed by atoms with Crippen molar-refractivity contribution < 1.29 is 23.9 Å². The van der Waals surface area contributed by atoms with Crippen molar-refractivity contribution in [2.75, 3.05) is 19.0 Å². The zero-order valence-electron chi connectivity index (χ0n) is 16.6. The van der Waals surface area contributed by atoms with Crippen LogP contribution in [0.2, 0.25) is 0 Å². The fraction of sp³-hybridized carbons (Fsp3) is 0.318. The van der Waals surface area contributed by atoms with Gasteiger partial charge in [0.1, 0.15) is 11.3 Å². The molecule has 1 N–H and O–H groups in total. The van der Waals surface area contributed by atoms with E-state index in [0.29, 0.717) is 23.4 Å². The van der Waals surface area contributed by atoms with Gasteiger partial charge in [-0.15, -0.1) is 0 Å². The second-order valence-corrected chi connectivity index (χ2v) is 6.93. The van der Waals surface area contributed by atoms with Gasteiger partial charge in [0.15, 0.2) is 12.4 Å². The minimum Gasteiger partial charge on any atom is -0.496 e. The third-order valence-corrected chi connectivity index (χ3v) is 3.99. The Hall–Kier alpha value is -3.15. The van der Waals surface area contributed by atoms with Gasteiger partial charge in [0.25, 0.3) is 0 Å². The first kappa shape index (κ1) is 21.2. The highest BCUT2D eigenvalue weighted by Gasteiger charge is 2.16. The smallest absolute Gasteiger partial charge is 0.342 e. The van der Waals surface area contributed by atoms with E-state index in [1.807, 2.05) is 26.8 Å². The molecule has 0 aromatic heterocycles. The van der Waals surface area contributed by atoms with Gasteiger partial charge >= 0.3 is 5.97 Å². The Labute approximate surface area is 164 Å². The second-order valence-electron chi connectivity index (χ2n) is 6.93. The average molecular weight is 383 g/mol. The van der Waals surface area contributed by atoms with Gasteiger partial charge in [-0.2, -0.15) is 0 Å². The van der Waals surface area contributed by atoms with Crippen molar-refractivity contribution in [3.8, 4) is 5.75 Å². The summed E-state index contributed by atoms with van der Waals surface area (Å²) in [5, 5.41) is 2.78. The van der Waals surface area contributed by atoms with E-state index in [1.54, 1.807) is 36.4 Å². The molecule has 0 spiro atoms. The summed E-state index contributed by atoms with van der Waals surface area (Å²) in [7, 11) is 1.47. The molecule has 148 valence electrons. The number of ketones is 1. The van der Waals surface area contributed by atoms with E-state index in [9.17, 15) is 14.4 Å². The van der Waals surface area contributed by atoms with Crippen molar-refractivity contribution in [3.05, 3.63) is 59.2 Å². The Morgan fingerprint density at radius 1 is 1.04 bits per heavy atom. The summed E-state index contributed by atoms with van der Waals surface area (Å²) >= 11 is 0. The van der Waals surface area contributed by atoms with Gasteiger partial charge in [0, 0.05) is 17.7 Å². The third-order valence-electron chi connectivity index (χ3n) is 3.99. The van der Waals surface area contributed by atoms with Gasteiger partial charge in [0.05, 0.1) is 7.11 Å². The SMILES string of the molecule is COc1ccc(C)cc1C(=O)OCC(=O)c1ccc(NC(=O)CC(C)C)cc1. The molecule has 0 saturated carbocycles. The number of aryl methyl sites for hydroxylation is 1. The molecule has 2 aromatic carbocycles. The zero-order valence-corrected chi connectivity index (χ0v) is 16.6. The minimum atomic E-state index is -0.619. The highest BCUT2D eigenvalue weighted by atomic mass is 16.5. The number of benzene rings is 2. The first-order chi connectivity index (χ1) is 13.3. The van der Waals surface area contributed by atoms with Gasteiger partial charge in [-0.25, -0.2) is 4.79 Å². The van der Waals surface area contributed by atoms with Gasteiger partial charge < -0.3 is 14.8 Å². The molecule has 0 unspecified atom stereocenters. The molecule has 0 heterocycles. The summed E-state index contributed by atoms with van der Waals surface area (Å²) in [5.41, 5.74) is 2.17. The average Bonchev–Trinajstić information content (AvgIpc) is 2.65. The number of amides is 1. The number of nitrogens with one attached hydrogen (secondary N) is 1. The number of esters is 1. The third kappa shape index (κ3) is 5.94. The van der Waals surface area contributed by atoms with Crippen LogP contribution in [0.15, 0.2) is 42.5 Å². The van der Waals surface area contributed by atoms with Crippen LogP contribution in [-0.4, -0.2) is 31.4 Å². The van der Waals surface area contributed by atoms with Crippen molar-refractivity contribution in [3.63, 3.8) is 0 Å². The summed E-state index contributed by atoms with van der Waals surface area (Å²) in [5.74, 6) is -0.367. The normalized spacial score (nSPS) is 10.5. The zero-order chi connectivity index (χ0) is 20.7. The molecule has 28 heavy (non-hydrogen) atoms. The molecule has 2 aromatic rings. The predicted molar refractivity (Wildman–Crippen MR) is 107 cm³/mol. The molecule has 1 amide bonds. The van der Waals surface area contributed by atoms with E-state index in [2.05, 4.69) is 5.32 Å². The lowest BCUT2D eigenvalue weighted by molar-refractivity contribution is -0.116. The number of carbonyl (C=O) groups excluding carboxylic acids is 3. The molecular formula is C22H25NO5. The summed E-state index contributed by atoms with van der Waals surface area (Å²) in [6.45, 7) is 5.40. The fourth-order valence-electron chi connectivity index (χ4n) is 2.60. The van der Waals surface area contributed by atoms with E-state index < -0.39 is 5.97 Å². The highest BCUT2D eigenvalue weighted by molar-refractivity contribution is 6.00. The number of rotatable bonds is 8.